The van der Waals surface area contributed by atoms with Crippen LogP contribution in [0.25, 0.3) is 0 Å². The van der Waals surface area contributed by atoms with E-state index >= 15 is 0 Å². The van der Waals surface area contributed by atoms with Crippen molar-refractivity contribution >= 4 is 11.8 Å². The maximum absolute atomic E-state index is 13.4. The number of likely N-dealkylation sites (tertiary alicyclic amines) is 3. The molecule has 6 nitrogen and oxygen atoms in total. The molecule has 6 heteroatoms. The molecule has 5 aliphatic rings. The molecule has 1 saturated carbocycles. The third-order valence-corrected chi connectivity index (χ3v) is 8.43. The van der Waals surface area contributed by atoms with Crippen LogP contribution in [0.2, 0.25) is 0 Å². The van der Waals surface area contributed by atoms with Gasteiger partial charge in [-0.25, -0.2) is 0 Å². The van der Waals surface area contributed by atoms with E-state index in [0.29, 0.717) is 12.5 Å². The van der Waals surface area contributed by atoms with E-state index in [2.05, 4.69) is 41.0 Å². The summed E-state index contributed by atoms with van der Waals surface area (Å²) in [4.78, 5) is 32.7. The molecule has 1 aromatic rings. The van der Waals surface area contributed by atoms with Gasteiger partial charge in [0.2, 0.25) is 11.8 Å². The Kier molecular flexibility index (Phi) is 4.24. The Morgan fingerprint density at radius 2 is 2.10 bits per heavy atom. The van der Waals surface area contributed by atoms with Crippen molar-refractivity contribution in [1.29, 1.82) is 5.26 Å². The lowest BCUT2D eigenvalue weighted by Crippen LogP contribution is -2.53. The Labute approximate surface area is 183 Å². The van der Waals surface area contributed by atoms with E-state index in [1.807, 2.05) is 11.8 Å². The molecular formula is C25H30N4O2. The molecule has 31 heavy (non-hydrogen) atoms. The number of carbonyl (C=O) groups is 2. The van der Waals surface area contributed by atoms with Crippen LogP contribution in [0, 0.1) is 30.1 Å². The minimum atomic E-state index is -0.253. The first-order valence-corrected chi connectivity index (χ1v) is 11.8. The third kappa shape index (κ3) is 2.86. The number of benzene rings is 1. The summed E-state index contributed by atoms with van der Waals surface area (Å²) in [6.45, 7) is 5.57. The van der Waals surface area contributed by atoms with Crippen molar-refractivity contribution in [3.63, 3.8) is 0 Å². The van der Waals surface area contributed by atoms with Crippen LogP contribution in [-0.4, -0.2) is 63.8 Å². The topological polar surface area (TPSA) is 67.7 Å². The number of hydrogen-bond acceptors (Lipinski definition) is 4. The van der Waals surface area contributed by atoms with Gasteiger partial charge < -0.3 is 9.80 Å². The van der Waals surface area contributed by atoms with E-state index in [9.17, 15) is 14.9 Å². The van der Waals surface area contributed by atoms with Crippen LogP contribution in [0.3, 0.4) is 0 Å². The van der Waals surface area contributed by atoms with Gasteiger partial charge in [0, 0.05) is 31.1 Å². The largest absolute Gasteiger partial charge is 0.330 e. The molecule has 1 aromatic carbocycles. The lowest BCUT2D eigenvalue weighted by Gasteiger charge is -2.39. The van der Waals surface area contributed by atoms with Crippen molar-refractivity contribution in [3.8, 4) is 6.07 Å². The Morgan fingerprint density at radius 1 is 1.26 bits per heavy atom. The van der Waals surface area contributed by atoms with Gasteiger partial charge >= 0.3 is 0 Å². The minimum absolute atomic E-state index is 0.0891. The highest BCUT2D eigenvalue weighted by Crippen LogP contribution is 2.48. The molecule has 1 unspecified atom stereocenters. The standard InChI is InChI=1S/C25H30N4O2/c1-14-3-5-20-16(7-14)4-6-21(20)29-19-10-23(25(29)31)27(13-19)12-15(2)24(30)28-18(11-26)8-17-9-22(17)28/h3,5,7,15,17-19,21-23H,4,6,8-10,12-13H2,1-2H3/t15-,17+,18-,19+,21+,22?,23+/m0/s1. The summed E-state index contributed by atoms with van der Waals surface area (Å²) < 4.78 is 0. The molecule has 2 bridgehead atoms. The molecule has 3 aliphatic heterocycles. The van der Waals surface area contributed by atoms with Gasteiger partial charge in [-0.05, 0) is 56.1 Å². The SMILES string of the molecule is Cc1ccc2c(c1)CC[C@H]2N1C(=O)[C@H]2C[C@@H]1CN2C[C@H](C)C(=O)N1C2C[C@H]2C[C@H]1C#N. The predicted molar refractivity (Wildman–Crippen MR) is 115 cm³/mol. The fraction of sp³-hybridized carbons (Fsp3) is 0.640. The normalized spacial score (nSPS) is 36.5. The molecule has 0 N–H and O–H groups in total. The Balaban J connectivity index is 1.13. The summed E-state index contributed by atoms with van der Waals surface area (Å²) in [5, 5.41) is 9.42. The molecule has 7 atom stereocenters. The van der Waals surface area contributed by atoms with E-state index in [0.717, 1.165) is 38.6 Å². The molecule has 2 aliphatic carbocycles. The number of nitrogens with zero attached hydrogens (tertiary/aromatic N) is 4. The highest BCUT2D eigenvalue weighted by molar-refractivity contribution is 5.87. The molecule has 162 valence electrons. The molecule has 3 heterocycles. The van der Waals surface area contributed by atoms with Crippen molar-refractivity contribution in [3.05, 3.63) is 34.9 Å². The van der Waals surface area contributed by atoms with E-state index in [1.54, 1.807) is 0 Å². The minimum Gasteiger partial charge on any atom is -0.330 e. The molecule has 6 rings (SSSR count). The number of fused-ring (bicyclic) bond motifs is 4. The van der Waals surface area contributed by atoms with Crippen LogP contribution in [0.4, 0.5) is 0 Å². The zero-order valence-electron chi connectivity index (χ0n) is 18.3. The van der Waals surface area contributed by atoms with Crippen LogP contribution in [0.1, 0.15) is 55.3 Å². The summed E-state index contributed by atoms with van der Waals surface area (Å²) in [5.41, 5.74) is 4.01. The molecule has 3 saturated heterocycles. The van der Waals surface area contributed by atoms with Crippen LogP contribution in [0.5, 0.6) is 0 Å². The zero-order chi connectivity index (χ0) is 21.4. The lowest BCUT2D eigenvalue weighted by molar-refractivity contribution is -0.142. The van der Waals surface area contributed by atoms with Gasteiger partial charge in [0.25, 0.3) is 0 Å². The fourth-order valence-electron chi connectivity index (χ4n) is 6.89. The van der Waals surface area contributed by atoms with Gasteiger partial charge in [-0.15, -0.1) is 0 Å². The molecular weight excluding hydrogens is 388 g/mol. The third-order valence-electron chi connectivity index (χ3n) is 8.43. The number of piperazine rings is 1. The summed E-state index contributed by atoms with van der Waals surface area (Å²) in [6.07, 6.45) is 4.85. The molecule has 0 radical (unpaired) electrons. The van der Waals surface area contributed by atoms with Gasteiger partial charge in [0.1, 0.15) is 6.04 Å². The van der Waals surface area contributed by atoms with Crippen LogP contribution in [0.15, 0.2) is 18.2 Å². The summed E-state index contributed by atoms with van der Waals surface area (Å²) >= 11 is 0. The fourth-order valence-corrected chi connectivity index (χ4v) is 6.89. The number of piperidine rings is 1. The van der Waals surface area contributed by atoms with Gasteiger partial charge in [0.05, 0.1) is 18.2 Å². The molecule has 0 aromatic heterocycles. The maximum atomic E-state index is 13.4. The van der Waals surface area contributed by atoms with Gasteiger partial charge in [0.15, 0.2) is 0 Å². The highest BCUT2D eigenvalue weighted by atomic mass is 16.2. The number of carbonyl (C=O) groups excluding carboxylic acids is 2. The molecule has 4 fully saturated rings. The average Bonchev–Trinajstić information content (AvgIpc) is 3.08. The second-order valence-electron chi connectivity index (χ2n) is 10.5. The van der Waals surface area contributed by atoms with E-state index in [1.165, 1.54) is 16.7 Å². The Hall–Kier alpha value is -2.39. The van der Waals surface area contributed by atoms with E-state index in [4.69, 9.17) is 0 Å². The number of amides is 2. The van der Waals surface area contributed by atoms with E-state index < -0.39 is 0 Å². The average molecular weight is 419 g/mol. The number of hydrogen-bond donors (Lipinski definition) is 0. The summed E-state index contributed by atoms with van der Waals surface area (Å²) in [5.74, 6) is 0.708. The first kappa shape index (κ1) is 19.3. The maximum Gasteiger partial charge on any atom is 0.240 e. The monoisotopic (exact) mass is 418 g/mol. The smallest absolute Gasteiger partial charge is 0.240 e. The number of rotatable bonds is 4. The lowest BCUT2D eigenvalue weighted by atomic mass is 10.0. The molecule has 2 amide bonds. The van der Waals surface area contributed by atoms with Crippen LogP contribution >= 0.6 is 0 Å². The van der Waals surface area contributed by atoms with Crippen molar-refractivity contribution in [2.75, 3.05) is 13.1 Å². The van der Waals surface area contributed by atoms with Gasteiger partial charge in [-0.1, -0.05) is 30.7 Å². The number of nitriles is 1. The van der Waals surface area contributed by atoms with Gasteiger partial charge in [-0.3, -0.25) is 14.5 Å². The number of aryl methyl sites for hydroxylation is 2. The van der Waals surface area contributed by atoms with Crippen molar-refractivity contribution < 1.29 is 9.59 Å². The first-order valence-electron chi connectivity index (χ1n) is 11.8. The van der Waals surface area contributed by atoms with Crippen molar-refractivity contribution in [1.82, 2.24) is 14.7 Å². The van der Waals surface area contributed by atoms with Gasteiger partial charge in [-0.2, -0.15) is 5.26 Å². The summed E-state index contributed by atoms with van der Waals surface area (Å²) in [7, 11) is 0. The van der Waals surface area contributed by atoms with Crippen LogP contribution < -0.4 is 0 Å². The highest BCUT2D eigenvalue weighted by Gasteiger charge is 2.56. The predicted octanol–water partition coefficient (Wildman–Crippen LogP) is 2.42. The zero-order valence-corrected chi connectivity index (χ0v) is 18.3. The van der Waals surface area contributed by atoms with Crippen molar-refractivity contribution in [2.45, 2.75) is 76.2 Å². The second kappa shape index (κ2) is 6.80. The van der Waals surface area contributed by atoms with Crippen molar-refractivity contribution in [2.24, 2.45) is 11.8 Å². The first-order chi connectivity index (χ1) is 15.0. The van der Waals surface area contributed by atoms with Crippen LogP contribution in [-0.2, 0) is 16.0 Å². The molecule has 0 spiro atoms. The quantitative estimate of drug-likeness (QED) is 0.753. The second-order valence-corrected chi connectivity index (χ2v) is 10.5. The summed E-state index contributed by atoms with van der Waals surface area (Å²) in [6, 6.07) is 9.38. The van der Waals surface area contributed by atoms with E-state index in [-0.39, 0.29) is 47.9 Å². The Bertz CT molecular complexity index is 1000. The Morgan fingerprint density at radius 3 is 2.87 bits per heavy atom.